The summed E-state index contributed by atoms with van der Waals surface area (Å²) in [7, 11) is 1.52. The number of rotatable bonds is 2. The van der Waals surface area contributed by atoms with Crippen molar-refractivity contribution in [2.45, 2.75) is 25.4 Å². The van der Waals surface area contributed by atoms with Crippen LogP contribution in [-0.4, -0.2) is 44.0 Å². The standard InChI is InChI=1S/C18H19N3O4/c1-19-17(23)16-10-21(18(24)25-16)12-4-5-15-11(8-12)2-3-13-9-14(22)6-7-20(13)15/h4-5,8-9,16H,2-3,6-7,10H2,1H3,(H,19,23)/t16-/m1/s1. The molecule has 1 saturated heterocycles. The molecular formula is C18H19N3O4. The number of likely N-dealkylation sites (N-methyl/N-ethyl adjacent to an activating group) is 1. The first-order valence-corrected chi connectivity index (χ1v) is 8.40. The third kappa shape index (κ3) is 2.65. The number of benzene rings is 1. The molecule has 4 rings (SSSR count). The number of ether oxygens (including phenoxy) is 1. The van der Waals surface area contributed by atoms with Crippen LogP contribution in [-0.2, 0) is 20.7 Å². The van der Waals surface area contributed by atoms with E-state index in [2.05, 4.69) is 10.2 Å². The Morgan fingerprint density at radius 2 is 2.04 bits per heavy atom. The summed E-state index contributed by atoms with van der Waals surface area (Å²) in [5.74, 6) is -0.118. The Morgan fingerprint density at radius 1 is 1.20 bits per heavy atom. The number of hydrogen-bond donors (Lipinski definition) is 1. The number of nitrogens with one attached hydrogen (secondary N) is 1. The molecule has 0 spiro atoms. The number of anilines is 2. The van der Waals surface area contributed by atoms with E-state index in [1.54, 1.807) is 6.08 Å². The number of amides is 2. The van der Waals surface area contributed by atoms with Gasteiger partial charge in [-0.05, 0) is 36.6 Å². The molecule has 0 bridgehead atoms. The van der Waals surface area contributed by atoms with Crippen molar-refractivity contribution in [1.29, 1.82) is 0 Å². The quantitative estimate of drug-likeness (QED) is 0.879. The van der Waals surface area contributed by atoms with Gasteiger partial charge in [-0.25, -0.2) is 4.79 Å². The van der Waals surface area contributed by atoms with Crippen LogP contribution in [0.4, 0.5) is 16.2 Å². The van der Waals surface area contributed by atoms with Crippen LogP contribution in [0.15, 0.2) is 30.0 Å². The van der Waals surface area contributed by atoms with Gasteiger partial charge in [-0.1, -0.05) is 0 Å². The molecule has 0 saturated carbocycles. The van der Waals surface area contributed by atoms with Gasteiger partial charge in [0.1, 0.15) is 0 Å². The van der Waals surface area contributed by atoms with Crippen LogP contribution in [0.1, 0.15) is 18.4 Å². The van der Waals surface area contributed by atoms with Gasteiger partial charge in [0.05, 0.1) is 6.54 Å². The first kappa shape index (κ1) is 15.7. The summed E-state index contributed by atoms with van der Waals surface area (Å²) in [5.41, 5.74) is 4.02. The number of cyclic esters (lactones) is 1. The lowest BCUT2D eigenvalue weighted by Gasteiger charge is -2.36. The van der Waals surface area contributed by atoms with E-state index in [1.807, 2.05) is 18.2 Å². The molecule has 0 aliphatic carbocycles. The fourth-order valence-electron chi connectivity index (χ4n) is 3.62. The summed E-state index contributed by atoms with van der Waals surface area (Å²) in [6, 6.07) is 5.83. The number of hydrogen-bond acceptors (Lipinski definition) is 5. The van der Waals surface area contributed by atoms with Crippen molar-refractivity contribution < 1.29 is 19.1 Å². The number of nitrogens with zero attached hydrogens (tertiary/aromatic N) is 2. The summed E-state index contributed by atoms with van der Waals surface area (Å²) in [6.07, 6.45) is 2.61. The van der Waals surface area contributed by atoms with Crippen LogP contribution < -0.4 is 15.1 Å². The van der Waals surface area contributed by atoms with Gasteiger partial charge in [0.25, 0.3) is 5.91 Å². The number of allylic oxidation sites excluding steroid dienone is 2. The molecular weight excluding hydrogens is 322 g/mol. The highest BCUT2D eigenvalue weighted by Crippen LogP contribution is 2.37. The van der Waals surface area contributed by atoms with Gasteiger partial charge in [-0.15, -0.1) is 0 Å². The van der Waals surface area contributed by atoms with E-state index < -0.39 is 12.2 Å². The van der Waals surface area contributed by atoms with Gasteiger partial charge in [0.15, 0.2) is 11.9 Å². The fraction of sp³-hybridized carbons (Fsp3) is 0.389. The SMILES string of the molecule is CNC(=O)[C@H]1CN(c2ccc3c(c2)CCC2=CC(=O)CCN23)C(=O)O1. The molecule has 1 N–H and O–H groups in total. The Balaban J connectivity index is 1.61. The Kier molecular flexibility index (Phi) is 3.71. The van der Waals surface area contributed by atoms with Crippen LogP contribution >= 0.6 is 0 Å². The van der Waals surface area contributed by atoms with Crippen LogP contribution in [0.25, 0.3) is 0 Å². The monoisotopic (exact) mass is 341 g/mol. The van der Waals surface area contributed by atoms with E-state index in [0.717, 1.165) is 35.5 Å². The number of fused-ring (bicyclic) bond motifs is 3. The van der Waals surface area contributed by atoms with Gasteiger partial charge in [-0.2, -0.15) is 0 Å². The first-order valence-electron chi connectivity index (χ1n) is 8.40. The minimum atomic E-state index is -0.781. The molecule has 3 aliphatic heterocycles. The van der Waals surface area contributed by atoms with Crippen LogP contribution in [0.5, 0.6) is 0 Å². The van der Waals surface area contributed by atoms with E-state index in [-0.39, 0.29) is 18.2 Å². The molecule has 130 valence electrons. The lowest BCUT2D eigenvalue weighted by Crippen LogP contribution is -2.35. The topological polar surface area (TPSA) is 79.0 Å². The maximum absolute atomic E-state index is 12.1. The van der Waals surface area contributed by atoms with E-state index in [0.29, 0.717) is 13.0 Å². The van der Waals surface area contributed by atoms with Crippen LogP contribution in [0, 0.1) is 0 Å². The molecule has 1 aromatic carbocycles. The van der Waals surface area contributed by atoms with Crippen molar-refractivity contribution in [1.82, 2.24) is 5.32 Å². The number of aryl methyl sites for hydroxylation is 1. The van der Waals surface area contributed by atoms with Crippen LogP contribution in [0.3, 0.4) is 0 Å². The van der Waals surface area contributed by atoms with E-state index in [1.165, 1.54) is 11.9 Å². The summed E-state index contributed by atoms with van der Waals surface area (Å²) >= 11 is 0. The third-order valence-electron chi connectivity index (χ3n) is 4.92. The molecule has 0 unspecified atom stereocenters. The van der Waals surface area contributed by atoms with E-state index in [9.17, 15) is 14.4 Å². The molecule has 7 nitrogen and oxygen atoms in total. The average Bonchev–Trinajstić information content (AvgIpc) is 3.02. The highest BCUT2D eigenvalue weighted by atomic mass is 16.6. The Morgan fingerprint density at radius 3 is 2.84 bits per heavy atom. The summed E-state index contributed by atoms with van der Waals surface area (Å²) in [6.45, 7) is 0.905. The van der Waals surface area contributed by atoms with Crippen LogP contribution in [0.2, 0.25) is 0 Å². The Hall–Kier alpha value is -2.83. The third-order valence-corrected chi connectivity index (χ3v) is 4.92. The molecule has 3 heterocycles. The second kappa shape index (κ2) is 5.91. The second-order valence-corrected chi connectivity index (χ2v) is 6.41. The zero-order valence-electron chi connectivity index (χ0n) is 13.9. The molecule has 0 aromatic heterocycles. The van der Waals surface area contributed by atoms with Gasteiger partial charge >= 0.3 is 6.09 Å². The lowest BCUT2D eigenvalue weighted by atomic mass is 9.95. The molecule has 2 amide bonds. The molecule has 1 aromatic rings. The number of carbonyl (C=O) groups is 3. The van der Waals surface area contributed by atoms with Crippen molar-refractivity contribution in [3.8, 4) is 0 Å². The molecule has 7 heteroatoms. The van der Waals surface area contributed by atoms with Crippen molar-refractivity contribution in [2.24, 2.45) is 0 Å². The number of ketones is 1. The highest BCUT2D eigenvalue weighted by molar-refractivity contribution is 5.96. The lowest BCUT2D eigenvalue weighted by molar-refractivity contribution is -0.127. The van der Waals surface area contributed by atoms with Gasteiger partial charge < -0.3 is 15.0 Å². The zero-order valence-corrected chi connectivity index (χ0v) is 13.9. The van der Waals surface area contributed by atoms with Crippen molar-refractivity contribution in [2.75, 3.05) is 29.9 Å². The second-order valence-electron chi connectivity index (χ2n) is 6.41. The van der Waals surface area contributed by atoms with E-state index >= 15 is 0 Å². The fourth-order valence-corrected chi connectivity index (χ4v) is 3.62. The zero-order chi connectivity index (χ0) is 17.6. The first-order chi connectivity index (χ1) is 12.1. The molecule has 25 heavy (non-hydrogen) atoms. The Labute approximate surface area is 145 Å². The maximum atomic E-state index is 12.1. The Bertz CT molecular complexity index is 802. The van der Waals surface area contributed by atoms with Gasteiger partial charge in [0.2, 0.25) is 0 Å². The molecule has 0 radical (unpaired) electrons. The van der Waals surface area contributed by atoms with Gasteiger partial charge in [-0.3, -0.25) is 14.5 Å². The molecule has 1 fully saturated rings. The van der Waals surface area contributed by atoms with Gasteiger partial charge in [0, 0.05) is 43.2 Å². The average molecular weight is 341 g/mol. The van der Waals surface area contributed by atoms with Crippen molar-refractivity contribution >= 4 is 29.2 Å². The summed E-state index contributed by atoms with van der Waals surface area (Å²) in [5, 5.41) is 2.50. The predicted octanol–water partition coefficient (Wildman–Crippen LogP) is 1.37. The maximum Gasteiger partial charge on any atom is 0.415 e. The summed E-state index contributed by atoms with van der Waals surface area (Å²) in [4.78, 5) is 39.1. The molecule has 3 aliphatic rings. The van der Waals surface area contributed by atoms with Crippen molar-refractivity contribution in [3.05, 3.63) is 35.5 Å². The largest absolute Gasteiger partial charge is 0.434 e. The smallest absolute Gasteiger partial charge is 0.415 e. The minimum absolute atomic E-state index is 0.186. The van der Waals surface area contributed by atoms with E-state index in [4.69, 9.17) is 4.74 Å². The summed E-state index contributed by atoms with van der Waals surface area (Å²) < 4.78 is 5.14. The highest BCUT2D eigenvalue weighted by Gasteiger charge is 2.37. The molecule has 1 atom stereocenters. The van der Waals surface area contributed by atoms with Crippen molar-refractivity contribution in [3.63, 3.8) is 0 Å². The normalized spacial score (nSPS) is 22.1. The predicted molar refractivity (Wildman–Crippen MR) is 91.5 cm³/mol. The number of carbonyl (C=O) groups excluding carboxylic acids is 3. The minimum Gasteiger partial charge on any atom is -0.434 e.